The van der Waals surface area contributed by atoms with Crippen molar-refractivity contribution in [2.24, 2.45) is 5.92 Å². The van der Waals surface area contributed by atoms with Gasteiger partial charge < -0.3 is 10.2 Å². The number of piperidine rings is 1. The average Bonchev–Trinajstić information content (AvgIpc) is 2.38. The minimum absolute atomic E-state index is 0.577. The lowest BCUT2D eigenvalue weighted by Crippen LogP contribution is -2.50. The van der Waals surface area contributed by atoms with Crippen LogP contribution in [0.4, 0.5) is 0 Å². The Hall–Kier alpha value is 0.270. The van der Waals surface area contributed by atoms with Gasteiger partial charge in [0, 0.05) is 23.9 Å². The van der Waals surface area contributed by atoms with Gasteiger partial charge in [-0.3, -0.25) is 0 Å². The van der Waals surface area contributed by atoms with Gasteiger partial charge >= 0.3 is 0 Å². The van der Waals surface area contributed by atoms with Gasteiger partial charge in [0.05, 0.1) is 0 Å². The van der Waals surface area contributed by atoms with Gasteiger partial charge in [-0.2, -0.15) is 11.8 Å². The Balaban J connectivity index is 1.75. The molecule has 106 valence electrons. The van der Waals surface area contributed by atoms with Crippen molar-refractivity contribution in [2.45, 2.75) is 56.7 Å². The summed E-state index contributed by atoms with van der Waals surface area (Å²) in [7, 11) is 0. The Morgan fingerprint density at radius 3 is 2.72 bits per heavy atom. The smallest absolute Gasteiger partial charge is 0.0281 e. The summed E-state index contributed by atoms with van der Waals surface area (Å²) < 4.78 is 0.577. The minimum atomic E-state index is 0.577. The molecule has 18 heavy (non-hydrogen) atoms. The highest BCUT2D eigenvalue weighted by Crippen LogP contribution is 2.42. The van der Waals surface area contributed by atoms with Crippen molar-refractivity contribution in [3.63, 3.8) is 0 Å². The molecule has 2 atom stereocenters. The Bertz CT molecular complexity index is 247. The van der Waals surface area contributed by atoms with Gasteiger partial charge in [0.15, 0.2) is 0 Å². The molecule has 1 aliphatic heterocycles. The molecule has 0 amide bonds. The van der Waals surface area contributed by atoms with Crippen LogP contribution in [0.5, 0.6) is 0 Å². The summed E-state index contributed by atoms with van der Waals surface area (Å²) in [6, 6.07) is 0.684. The Labute approximate surface area is 117 Å². The van der Waals surface area contributed by atoms with Crippen LogP contribution in [-0.2, 0) is 0 Å². The first-order chi connectivity index (χ1) is 8.69. The largest absolute Gasteiger partial charge is 0.313 e. The molecule has 0 aromatic heterocycles. The van der Waals surface area contributed by atoms with Crippen LogP contribution in [-0.4, -0.2) is 48.1 Å². The molecule has 1 N–H and O–H groups in total. The number of nitrogens with zero attached hydrogens (tertiary/aromatic N) is 1. The highest BCUT2D eigenvalue weighted by atomic mass is 32.2. The zero-order chi connectivity index (χ0) is 13.0. The van der Waals surface area contributed by atoms with E-state index in [0.29, 0.717) is 10.8 Å². The normalized spacial score (nSPS) is 29.8. The fraction of sp³-hybridized carbons (Fsp3) is 1.00. The van der Waals surface area contributed by atoms with Gasteiger partial charge in [-0.25, -0.2) is 0 Å². The molecule has 1 heterocycles. The van der Waals surface area contributed by atoms with Crippen LogP contribution in [0.25, 0.3) is 0 Å². The van der Waals surface area contributed by atoms with Crippen molar-refractivity contribution in [3.8, 4) is 0 Å². The van der Waals surface area contributed by atoms with E-state index in [1.807, 2.05) is 0 Å². The summed E-state index contributed by atoms with van der Waals surface area (Å²) in [5, 5.41) is 3.84. The van der Waals surface area contributed by atoms with Crippen LogP contribution in [0.15, 0.2) is 0 Å². The summed E-state index contributed by atoms with van der Waals surface area (Å²) in [5.41, 5.74) is 0. The molecule has 0 aromatic carbocycles. The fourth-order valence-corrected chi connectivity index (χ4v) is 4.25. The lowest BCUT2D eigenvalue weighted by atomic mass is 9.83. The summed E-state index contributed by atoms with van der Waals surface area (Å²) in [5.74, 6) is 0.859. The molecule has 3 heteroatoms. The maximum Gasteiger partial charge on any atom is 0.0281 e. The third-order valence-corrected chi connectivity index (χ3v) is 6.56. The van der Waals surface area contributed by atoms with Crippen molar-refractivity contribution in [3.05, 3.63) is 0 Å². The van der Waals surface area contributed by atoms with E-state index in [1.54, 1.807) is 0 Å². The lowest BCUT2D eigenvalue weighted by molar-refractivity contribution is 0.154. The van der Waals surface area contributed by atoms with E-state index in [2.05, 4.69) is 42.1 Å². The molecular formula is C15H30N2S. The van der Waals surface area contributed by atoms with Gasteiger partial charge in [-0.15, -0.1) is 0 Å². The number of rotatable bonds is 6. The molecule has 2 unspecified atom stereocenters. The van der Waals surface area contributed by atoms with Crippen LogP contribution < -0.4 is 5.32 Å². The summed E-state index contributed by atoms with van der Waals surface area (Å²) in [6.45, 7) is 9.75. The molecule has 2 nitrogen and oxygen atoms in total. The molecular weight excluding hydrogens is 240 g/mol. The van der Waals surface area contributed by atoms with E-state index in [0.717, 1.165) is 5.92 Å². The van der Waals surface area contributed by atoms with E-state index in [1.165, 1.54) is 58.3 Å². The Kier molecular flexibility index (Phi) is 5.40. The molecule has 0 spiro atoms. The molecule has 1 aliphatic carbocycles. The number of thioether (sulfide) groups is 1. The molecule has 2 rings (SSSR count). The number of likely N-dealkylation sites (tertiary alicyclic amines) is 1. The third kappa shape index (κ3) is 3.43. The number of hydrogen-bond acceptors (Lipinski definition) is 3. The first-order valence-electron chi connectivity index (χ1n) is 7.70. The first-order valence-corrected chi connectivity index (χ1v) is 8.92. The average molecular weight is 270 g/mol. The predicted molar refractivity (Wildman–Crippen MR) is 82.4 cm³/mol. The van der Waals surface area contributed by atoms with E-state index in [4.69, 9.17) is 0 Å². The van der Waals surface area contributed by atoms with Crippen LogP contribution in [0.3, 0.4) is 0 Å². The second-order valence-electron chi connectivity index (χ2n) is 6.21. The maximum absolute atomic E-state index is 3.84. The number of hydrogen-bond donors (Lipinski definition) is 1. The molecule has 2 fully saturated rings. The third-order valence-electron chi connectivity index (χ3n) is 5.14. The molecule has 1 saturated carbocycles. The summed E-state index contributed by atoms with van der Waals surface area (Å²) >= 11 is 2.08. The van der Waals surface area contributed by atoms with Gasteiger partial charge in [0.2, 0.25) is 0 Å². The first kappa shape index (κ1) is 14.7. The zero-order valence-corrected chi connectivity index (χ0v) is 13.2. The van der Waals surface area contributed by atoms with Crippen molar-refractivity contribution in [1.82, 2.24) is 10.2 Å². The summed E-state index contributed by atoms with van der Waals surface area (Å²) in [6.07, 6.45) is 9.35. The Morgan fingerprint density at radius 2 is 2.17 bits per heavy atom. The Morgan fingerprint density at radius 1 is 1.39 bits per heavy atom. The van der Waals surface area contributed by atoms with E-state index >= 15 is 0 Å². The van der Waals surface area contributed by atoms with Gasteiger partial charge in [0.25, 0.3) is 0 Å². The molecule has 2 aliphatic rings. The summed E-state index contributed by atoms with van der Waals surface area (Å²) in [4.78, 5) is 2.61. The van der Waals surface area contributed by atoms with Crippen LogP contribution in [0, 0.1) is 5.92 Å². The van der Waals surface area contributed by atoms with Crippen molar-refractivity contribution < 1.29 is 0 Å². The quantitative estimate of drug-likeness (QED) is 0.799. The molecule has 0 radical (unpaired) electrons. The van der Waals surface area contributed by atoms with Gasteiger partial charge in [0.1, 0.15) is 0 Å². The lowest BCUT2D eigenvalue weighted by Gasteiger charge is -2.43. The molecule has 0 aromatic rings. The topological polar surface area (TPSA) is 15.3 Å². The fourth-order valence-electron chi connectivity index (χ4n) is 3.32. The minimum Gasteiger partial charge on any atom is -0.313 e. The van der Waals surface area contributed by atoms with Crippen LogP contribution in [0.1, 0.15) is 46.0 Å². The monoisotopic (exact) mass is 270 g/mol. The van der Waals surface area contributed by atoms with E-state index in [-0.39, 0.29) is 0 Å². The zero-order valence-electron chi connectivity index (χ0n) is 12.4. The standard InChI is InChI=1S/C15H30N2S/c1-4-17-10-5-7-14(11-17)13(2)16-12-15(18-3)8-6-9-15/h13-14,16H,4-12H2,1-3H3. The van der Waals surface area contributed by atoms with Crippen molar-refractivity contribution in [2.75, 3.05) is 32.4 Å². The van der Waals surface area contributed by atoms with E-state index < -0.39 is 0 Å². The highest BCUT2D eigenvalue weighted by molar-refractivity contribution is 8.00. The number of nitrogens with one attached hydrogen (secondary N) is 1. The van der Waals surface area contributed by atoms with Crippen molar-refractivity contribution >= 4 is 11.8 Å². The molecule has 1 saturated heterocycles. The van der Waals surface area contributed by atoms with Crippen LogP contribution >= 0.6 is 11.8 Å². The SMILES string of the molecule is CCN1CCCC(C(C)NCC2(SC)CCC2)C1. The van der Waals surface area contributed by atoms with Gasteiger partial charge in [-0.1, -0.05) is 13.3 Å². The maximum atomic E-state index is 3.84. The second kappa shape index (κ2) is 6.62. The van der Waals surface area contributed by atoms with Crippen LogP contribution in [0.2, 0.25) is 0 Å². The predicted octanol–water partition coefficient (Wildman–Crippen LogP) is 2.98. The molecule has 0 bridgehead atoms. The van der Waals surface area contributed by atoms with Gasteiger partial charge in [-0.05, 0) is 57.9 Å². The van der Waals surface area contributed by atoms with E-state index in [9.17, 15) is 0 Å². The van der Waals surface area contributed by atoms with Crippen molar-refractivity contribution in [1.29, 1.82) is 0 Å². The second-order valence-corrected chi connectivity index (χ2v) is 7.48. The highest BCUT2D eigenvalue weighted by Gasteiger charge is 2.36.